The van der Waals surface area contributed by atoms with E-state index in [0.717, 1.165) is 59.9 Å². The van der Waals surface area contributed by atoms with E-state index in [-0.39, 0.29) is 59.6 Å². The second-order valence-corrected chi connectivity index (χ2v) is 14.6. The summed E-state index contributed by atoms with van der Waals surface area (Å²) in [7, 11) is 11.8. The van der Waals surface area contributed by atoms with Crippen LogP contribution >= 0.6 is 118 Å². The van der Waals surface area contributed by atoms with E-state index in [9.17, 15) is 9.59 Å². The van der Waals surface area contributed by atoms with Gasteiger partial charge in [0, 0.05) is 106 Å². The Morgan fingerprint density at radius 1 is 0.385 bits per heavy atom. The first kappa shape index (κ1) is 96.1. The molecule has 0 aromatic heterocycles. The Morgan fingerprint density at radius 3 is 0.500 bits per heavy atom. The number of rotatable bonds is 18. The number of hydrogen-bond donors (Lipinski definition) is 1. The van der Waals surface area contributed by atoms with Gasteiger partial charge in [0.25, 0.3) is 0 Å². The summed E-state index contributed by atoms with van der Waals surface area (Å²) in [5.74, 6) is 7.83. The molecule has 0 bridgehead atoms. The summed E-state index contributed by atoms with van der Waals surface area (Å²) < 4.78 is 32.6. The maximum atomic E-state index is 9.38. The molecule has 342 valence electrons. The van der Waals surface area contributed by atoms with Gasteiger partial charge < -0.3 is 42.7 Å². The molecule has 0 aliphatic carbocycles. The minimum atomic E-state index is 0. The molecule has 0 saturated carbocycles. The molecule has 21 heteroatoms. The van der Waals surface area contributed by atoms with E-state index in [1.807, 2.05) is 63.2 Å². The van der Waals surface area contributed by atoms with Gasteiger partial charge in [-0.15, -0.1) is 82.3 Å². The Kier molecular flexibility index (Phi) is 289. The van der Waals surface area contributed by atoms with E-state index in [4.69, 9.17) is 0 Å². The van der Waals surface area contributed by atoms with Crippen LogP contribution in [0.3, 0.4) is 0 Å². The van der Waals surface area contributed by atoms with Gasteiger partial charge in [0.15, 0.2) is 0 Å². The largest absolute Gasteiger partial charge is 0.374 e. The molecule has 0 N–H and O–H groups in total. The van der Waals surface area contributed by atoms with Gasteiger partial charge in [0.05, 0.1) is 41.6 Å². The number of ether oxygens (including phenoxy) is 7. The van der Waals surface area contributed by atoms with Crippen molar-refractivity contribution in [3.8, 4) is 0 Å². The molecule has 0 rings (SSSR count). The van der Waals surface area contributed by atoms with Gasteiger partial charge in [-0.05, 0) is 62.1 Å². The smallest absolute Gasteiger partial charge is 0.129 e. The monoisotopic (exact) mass is 1310 g/mol. The molecular weight excluding hydrogens is 1230 g/mol. The zero-order valence-electron chi connectivity index (χ0n) is 33.6. The molecule has 0 heterocycles. The Bertz CT molecular complexity index is 312. The van der Waals surface area contributed by atoms with Crippen molar-refractivity contribution < 1.29 is 87.5 Å². The maximum absolute atomic E-state index is 9.38. The second-order valence-electron chi connectivity index (χ2n) is 6.43. The summed E-state index contributed by atoms with van der Waals surface area (Å²) in [4.78, 5) is 18.8. The standard InChI is InChI=1S/7C3H8OS.2C3H6OS.C2H6S.2CH4.2Au/c7*1-4-3-5-2;2*1-5-3-2-4;1-2-3;;;;/h7*3H2,1-2H3;2*2H,3H2,1H3;3H,2H2,1H3;2*1H4;;. The molecule has 0 saturated heterocycles. The minimum absolute atomic E-state index is 0. The van der Waals surface area contributed by atoms with Gasteiger partial charge in [0.1, 0.15) is 12.6 Å². The van der Waals surface area contributed by atoms with Crippen molar-refractivity contribution >= 4 is 131 Å². The molecule has 9 nitrogen and oxygen atoms in total. The SMILES string of the molecule is C.C.CCS.COCSC.COCSC.COCSC.COCSC.COCSC.COCSC.COCSC.CSCC=O.CSCC=O.[Au].[Au]. The molecule has 0 aromatic rings. The Hall–Kier alpha value is 4.04. The predicted molar refractivity (Wildman–Crippen MR) is 260 cm³/mol. The minimum Gasteiger partial charge on any atom is -0.374 e. The van der Waals surface area contributed by atoms with Gasteiger partial charge in [-0.25, -0.2) is 0 Å². The average Bonchev–Trinajstić information content (AvgIpc) is 3.07. The summed E-state index contributed by atoms with van der Waals surface area (Å²) in [6.45, 7) is 1.99. The quantitative estimate of drug-likeness (QED) is 0.0610. The Labute approximate surface area is 400 Å². The van der Waals surface area contributed by atoms with Gasteiger partial charge >= 0.3 is 0 Å². The topological polar surface area (TPSA) is 98.8 Å². The van der Waals surface area contributed by atoms with E-state index in [0.29, 0.717) is 11.5 Å². The molecule has 0 aromatic carbocycles. The number of hydrogen-bond acceptors (Lipinski definition) is 19. The first-order chi connectivity index (χ1) is 23.1. The average molecular weight is 1310 g/mol. The summed E-state index contributed by atoms with van der Waals surface area (Å²) >= 11 is 18.6. The number of thioether (sulfide) groups is 9. The fraction of sp³-hybridized carbons (Fsp3) is 0.935. The Morgan fingerprint density at radius 2 is 0.500 bits per heavy atom. The van der Waals surface area contributed by atoms with Crippen LogP contribution in [0.2, 0.25) is 0 Å². The fourth-order valence-electron chi connectivity index (χ4n) is 0.961. The van der Waals surface area contributed by atoms with Crippen LogP contribution in [0.25, 0.3) is 0 Å². The molecule has 0 spiro atoms. The molecular formula is C31H82Au2O9S10. The molecule has 0 aliphatic rings. The molecule has 0 fully saturated rings. The number of carbonyl (C=O) groups is 2. The van der Waals surface area contributed by atoms with E-state index in [1.54, 1.807) is 132 Å². The molecule has 52 heavy (non-hydrogen) atoms. The summed E-state index contributed by atoms with van der Waals surface area (Å²) in [5, 5.41) is 0. The zero-order chi connectivity index (χ0) is 39.8. The van der Waals surface area contributed by atoms with Crippen LogP contribution in [0.5, 0.6) is 0 Å². The predicted octanol–water partition coefficient (Wildman–Crippen LogP) is 9.97. The van der Waals surface area contributed by atoms with E-state index in [1.165, 1.54) is 23.5 Å². The zero-order valence-corrected chi connectivity index (χ0v) is 46.2. The van der Waals surface area contributed by atoms with Crippen molar-refractivity contribution in [1.82, 2.24) is 0 Å². The van der Waals surface area contributed by atoms with Crippen LogP contribution in [-0.4, -0.2) is 177 Å². The third kappa shape index (κ3) is 313. The van der Waals surface area contributed by atoms with Crippen LogP contribution < -0.4 is 0 Å². The normalized spacial score (nSPS) is 7.42. The first-order valence-corrected chi connectivity index (χ1v) is 26.6. The van der Waals surface area contributed by atoms with Crippen molar-refractivity contribution in [3.05, 3.63) is 0 Å². The van der Waals surface area contributed by atoms with E-state index >= 15 is 0 Å². The van der Waals surface area contributed by atoms with E-state index < -0.39 is 0 Å². The van der Waals surface area contributed by atoms with Gasteiger partial charge in [-0.3, -0.25) is 0 Å². The van der Waals surface area contributed by atoms with Crippen molar-refractivity contribution in [2.75, 3.05) is 165 Å². The molecule has 0 amide bonds. The van der Waals surface area contributed by atoms with Crippen molar-refractivity contribution in [3.63, 3.8) is 0 Å². The number of aldehydes is 2. The van der Waals surface area contributed by atoms with Crippen LogP contribution in [0.4, 0.5) is 0 Å². The summed E-state index contributed by atoms with van der Waals surface area (Å²) in [6.07, 6.45) is 19.6. The fourth-order valence-corrected chi connectivity index (χ4v) is 2.88. The third-order valence-corrected chi connectivity index (χ3v) is 6.36. The molecule has 0 unspecified atom stereocenters. The van der Waals surface area contributed by atoms with Crippen LogP contribution in [0.1, 0.15) is 21.8 Å². The number of carbonyl (C=O) groups excluding carboxylic acids is 2. The van der Waals surface area contributed by atoms with Gasteiger partial charge in [-0.1, -0.05) is 21.8 Å². The van der Waals surface area contributed by atoms with E-state index in [2.05, 4.69) is 45.8 Å². The Balaban J connectivity index is -0.0000000255. The van der Waals surface area contributed by atoms with Crippen molar-refractivity contribution in [1.29, 1.82) is 0 Å². The van der Waals surface area contributed by atoms with Crippen molar-refractivity contribution in [2.24, 2.45) is 0 Å². The molecule has 0 atom stereocenters. The molecule has 0 aliphatic heterocycles. The summed E-state index contributed by atoms with van der Waals surface area (Å²) in [6, 6.07) is 0. The summed E-state index contributed by atoms with van der Waals surface area (Å²) in [5.41, 5.74) is 0. The van der Waals surface area contributed by atoms with Crippen LogP contribution in [0.15, 0.2) is 0 Å². The first-order valence-electron chi connectivity index (χ1n) is 13.5. The second kappa shape index (κ2) is 157. The molecule has 2 radical (unpaired) electrons. The van der Waals surface area contributed by atoms with Crippen molar-refractivity contribution in [2.45, 2.75) is 21.8 Å². The van der Waals surface area contributed by atoms with Gasteiger partial charge in [0.2, 0.25) is 0 Å². The number of thiol groups is 1. The number of methoxy groups -OCH3 is 7. The van der Waals surface area contributed by atoms with Crippen LogP contribution in [-0.2, 0) is 87.5 Å². The van der Waals surface area contributed by atoms with Gasteiger partial charge in [-0.2, -0.15) is 36.2 Å². The third-order valence-electron chi connectivity index (χ3n) is 2.12. The van der Waals surface area contributed by atoms with Crippen LogP contribution in [0, 0.1) is 0 Å². The maximum Gasteiger partial charge on any atom is 0.129 e.